The van der Waals surface area contributed by atoms with Crippen LogP contribution in [0.1, 0.15) is 329 Å². The minimum Gasteiger partial charge on any atom is -0.462 e. The lowest BCUT2D eigenvalue weighted by molar-refractivity contribution is -0.167. The molecule has 0 unspecified atom stereocenters. The Morgan fingerprint density at radius 2 is 0.516 bits per heavy atom. The molecule has 0 aromatic heterocycles. The van der Waals surface area contributed by atoms with Gasteiger partial charge >= 0.3 is 17.9 Å². The van der Waals surface area contributed by atoms with E-state index in [-0.39, 0.29) is 31.1 Å². The Morgan fingerprint density at radius 3 is 0.766 bits per heavy atom. The molecule has 0 radical (unpaired) electrons. The molecule has 64 heavy (non-hydrogen) atoms. The monoisotopic (exact) mass is 905 g/mol. The third kappa shape index (κ3) is 51.4. The summed E-state index contributed by atoms with van der Waals surface area (Å²) < 4.78 is 16.9. The van der Waals surface area contributed by atoms with Crippen LogP contribution in [0.3, 0.4) is 0 Å². The molecule has 380 valence electrons. The minimum absolute atomic E-state index is 0.0618. The number of ether oxygens (including phenoxy) is 3. The first-order valence-electron chi connectivity index (χ1n) is 28.9. The SMILES string of the molecule is CCCCCCCCCCCCCCCCCCC(=O)OC[C@@H](COC(=O)CCCCCCCCCCCCCCC(C)C)OC(=O)CCCCCCCCCCCCCCCCC. The Labute approximate surface area is 399 Å². The molecule has 0 heterocycles. The zero-order chi connectivity index (χ0) is 46.7. The van der Waals surface area contributed by atoms with Crippen molar-refractivity contribution >= 4 is 17.9 Å². The third-order valence-corrected chi connectivity index (χ3v) is 13.3. The van der Waals surface area contributed by atoms with E-state index in [1.165, 1.54) is 225 Å². The molecule has 0 rings (SSSR count). The second kappa shape index (κ2) is 52.4. The maximum atomic E-state index is 12.8. The van der Waals surface area contributed by atoms with Crippen LogP contribution in [0.15, 0.2) is 0 Å². The molecule has 0 spiro atoms. The van der Waals surface area contributed by atoms with Crippen LogP contribution in [0.4, 0.5) is 0 Å². The highest BCUT2D eigenvalue weighted by molar-refractivity contribution is 5.71. The van der Waals surface area contributed by atoms with Gasteiger partial charge in [-0.05, 0) is 25.2 Å². The normalized spacial score (nSPS) is 12.0. The van der Waals surface area contributed by atoms with Crippen molar-refractivity contribution in [2.45, 2.75) is 336 Å². The fraction of sp³-hybridized carbons (Fsp3) is 0.948. The van der Waals surface area contributed by atoms with Crippen LogP contribution < -0.4 is 0 Å². The van der Waals surface area contributed by atoms with Gasteiger partial charge in [0, 0.05) is 19.3 Å². The number of unbranched alkanes of at least 4 members (excludes halogenated alkanes) is 40. The van der Waals surface area contributed by atoms with Gasteiger partial charge < -0.3 is 14.2 Å². The number of hydrogen-bond acceptors (Lipinski definition) is 6. The van der Waals surface area contributed by atoms with E-state index in [0.29, 0.717) is 19.3 Å². The van der Waals surface area contributed by atoms with Gasteiger partial charge in [0.2, 0.25) is 0 Å². The number of hydrogen-bond donors (Lipinski definition) is 0. The van der Waals surface area contributed by atoms with Crippen molar-refractivity contribution in [3.63, 3.8) is 0 Å². The van der Waals surface area contributed by atoms with Crippen LogP contribution in [-0.4, -0.2) is 37.2 Å². The van der Waals surface area contributed by atoms with Crippen LogP contribution in [0, 0.1) is 5.92 Å². The zero-order valence-electron chi connectivity index (χ0n) is 43.8. The van der Waals surface area contributed by atoms with Crippen molar-refractivity contribution < 1.29 is 28.6 Å². The van der Waals surface area contributed by atoms with Gasteiger partial charge in [0.15, 0.2) is 6.10 Å². The molecule has 0 fully saturated rings. The lowest BCUT2D eigenvalue weighted by Crippen LogP contribution is -2.30. The van der Waals surface area contributed by atoms with E-state index >= 15 is 0 Å². The highest BCUT2D eigenvalue weighted by Crippen LogP contribution is 2.18. The van der Waals surface area contributed by atoms with Gasteiger partial charge in [-0.15, -0.1) is 0 Å². The van der Waals surface area contributed by atoms with Crippen molar-refractivity contribution in [1.82, 2.24) is 0 Å². The Balaban J connectivity index is 4.30. The van der Waals surface area contributed by atoms with E-state index < -0.39 is 6.10 Å². The third-order valence-electron chi connectivity index (χ3n) is 13.3. The molecule has 0 aromatic rings. The van der Waals surface area contributed by atoms with Crippen molar-refractivity contribution in [2.75, 3.05) is 13.2 Å². The molecule has 1 atom stereocenters. The van der Waals surface area contributed by atoms with Crippen LogP contribution in [0.2, 0.25) is 0 Å². The van der Waals surface area contributed by atoms with Crippen LogP contribution >= 0.6 is 0 Å². The highest BCUT2D eigenvalue weighted by atomic mass is 16.6. The molecule has 0 N–H and O–H groups in total. The van der Waals surface area contributed by atoms with Gasteiger partial charge in [0.25, 0.3) is 0 Å². The Morgan fingerprint density at radius 1 is 0.297 bits per heavy atom. The first kappa shape index (κ1) is 62.4. The average molecular weight is 906 g/mol. The van der Waals surface area contributed by atoms with Crippen LogP contribution in [-0.2, 0) is 28.6 Å². The summed E-state index contributed by atoms with van der Waals surface area (Å²) >= 11 is 0. The Kier molecular flexibility index (Phi) is 51.1. The Hall–Kier alpha value is -1.59. The van der Waals surface area contributed by atoms with E-state index in [2.05, 4.69) is 27.7 Å². The van der Waals surface area contributed by atoms with E-state index in [9.17, 15) is 14.4 Å². The summed E-state index contributed by atoms with van der Waals surface area (Å²) in [7, 11) is 0. The smallest absolute Gasteiger partial charge is 0.306 e. The van der Waals surface area contributed by atoms with Gasteiger partial charge in [-0.2, -0.15) is 0 Å². The average Bonchev–Trinajstić information content (AvgIpc) is 3.28. The van der Waals surface area contributed by atoms with E-state index in [1.807, 2.05) is 0 Å². The summed E-state index contributed by atoms with van der Waals surface area (Å²) in [5.74, 6) is -0.00114. The van der Waals surface area contributed by atoms with Gasteiger partial charge in [0.1, 0.15) is 13.2 Å². The quantitative estimate of drug-likeness (QED) is 0.0344. The lowest BCUT2D eigenvalue weighted by atomic mass is 10.0. The van der Waals surface area contributed by atoms with Crippen molar-refractivity contribution in [3.8, 4) is 0 Å². The predicted octanol–water partition coefficient (Wildman–Crippen LogP) is 19.0. The molecule has 0 bridgehead atoms. The largest absolute Gasteiger partial charge is 0.462 e. The highest BCUT2D eigenvalue weighted by Gasteiger charge is 2.19. The van der Waals surface area contributed by atoms with Gasteiger partial charge in [0.05, 0.1) is 0 Å². The summed E-state index contributed by atoms with van der Waals surface area (Å²) in [4.78, 5) is 38.1. The van der Waals surface area contributed by atoms with Gasteiger partial charge in [-0.25, -0.2) is 0 Å². The lowest BCUT2D eigenvalue weighted by Gasteiger charge is -2.18. The number of rotatable bonds is 53. The van der Waals surface area contributed by atoms with Crippen molar-refractivity contribution in [2.24, 2.45) is 5.92 Å². The van der Waals surface area contributed by atoms with Crippen LogP contribution in [0.5, 0.6) is 0 Å². The number of esters is 3. The van der Waals surface area contributed by atoms with E-state index in [1.54, 1.807) is 0 Å². The molecule has 0 aliphatic heterocycles. The maximum absolute atomic E-state index is 12.8. The van der Waals surface area contributed by atoms with E-state index in [0.717, 1.165) is 63.7 Å². The van der Waals surface area contributed by atoms with Crippen LogP contribution in [0.25, 0.3) is 0 Å². The molecule has 0 saturated heterocycles. The molecule has 0 saturated carbocycles. The summed E-state index contributed by atoms with van der Waals surface area (Å²) in [6.45, 7) is 9.06. The molecule has 0 aromatic carbocycles. The number of carbonyl (C=O) groups excluding carboxylic acids is 3. The van der Waals surface area contributed by atoms with Gasteiger partial charge in [-0.3, -0.25) is 14.4 Å². The maximum Gasteiger partial charge on any atom is 0.306 e. The minimum atomic E-state index is -0.762. The fourth-order valence-corrected chi connectivity index (χ4v) is 8.92. The second-order valence-corrected chi connectivity index (χ2v) is 20.4. The summed E-state index contributed by atoms with van der Waals surface area (Å²) in [6.07, 6.45) is 56.6. The van der Waals surface area contributed by atoms with Gasteiger partial charge in [-0.1, -0.05) is 291 Å². The molecule has 6 nitrogen and oxygen atoms in total. The summed E-state index contributed by atoms with van der Waals surface area (Å²) in [5.41, 5.74) is 0. The summed E-state index contributed by atoms with van der Waals surface area (Å²) in [6, 6.07) is 0. The first-order chi connectivity index (χ1) is 31.4. The molecule has 0 aliphatic carbocycles. The standard InChI is InChI=1S/C58H112O6/c1-5-7-9-11-13-15-17-19-21-23-24-29-33-37-41-45-49-56(59)62-52-55(64-58(61)51-47-43-39-35-31-25-22-20-18-16-14-12-10-8-6-2)53-63-57(60)50-46-42-38-34-30-27-26-28-32-36-40-44-48-54(3)4/h54-55H,5-53H2,1-4H3/t55-/m0/s1. The molecule has 0 amide bonds. The Bertz CT molecular complexity index is 964. The van der Waals surface area contributed by atoms with E-state index in [4.69, 9.17) is 14.2 Å². The predicted molar refractivity (Wildman–Crippen MR) is 275 cm³/mol. The zero-order valence-corrected chi connectivity index (χ0v) is 43.8. The topological polar surface area (TPSA) is 78.9 Å². The summed E-state index contributed by atoms with van der Waals surface area (Å²) in [5, 5.41) is 0. The molecule has 0 aliphatic rings. The first-order valence-corrected chi connectivity index (χ1v) is 28.9. The molecular formula is C58H112O6. The van der Waals surface area contributed by atoms with Crippen molar-refractivity contribution in [1.29, 1.82) is 0 Å². The molecular weight excluding hydrogens is 793 g/mol. The van der Waals surface area contributed by atoms with Crippen molar-refractivity contribution in [3.05, 3.63) is 0 Å². The second-order valence-electron chi connectivity index (χ2n) is 20.4. The molecule has 6 heteroatoms. The number of carbonyl (C=O) groups is 3. The fourth-order valence-electron chi connectivity index (χ4n) is 8.92.